The lowest BCUT2D eigenvalue weighted by molar-refractivity contribution is -0.145. The van der Waals surface area contributed by atoms with Gasteiger partial charge in [-0.25, -0.2) is 0 Å². The van der Waals surface area contributed by atoms with E-state index in [4.69, 9.17) is 0 Å². The molecule has 0 bridgehead atoms. The molecule has 3 heteroatoms. The Morgan fingerprint density at radius 3 is 2.53 bits per heavy atom. The highest BCUT2D eigenvalue weighted by Crippen LogP contribution is 2.43. The van der Waals surface area contributed by atoms with Crippen molar-refractivity contribution in [3.63, 3.8) is 0 Å². The smallest absolute Gasteiger partial charge is 0.229 e. The van der Waals surface area contributed by atoms with Crippen molar-refractivity contribution in [2.24, 2.45) is 5.41 Å². The Morgan fingerprint density at radius 2 is 2.00 bits per heavy atom. The second-order valence-corrected chi connectivity index (χ2v) is 6.34. The van der Waals surface area contributed by atoms with Gasteiger partial charge in [0.15, 0.2) is 0 Å². The third-order valence-corrected chi connectivity index (χ3v) is 5.13. The van der Waals surface area contributed by atoms with Gasteiger partial charge in [-0.2, -0.15) is 0 Å². The maximum Gasteiger partial charge on any atom is 0.229 e. The lowest BCUT2D eigenvalue weighted by Crippen LogP contribution is -2.53. The molecule has 1 saturated carbocycles. The molecule has 2 aliphatic rings. The minimum Gasteiger partial charge on any atom is -0.338 e. The maximum atomic E-state index is 13.1. The van der Waals surface area contributed by atoms with Gasteiger partial charge >= 0.3 is 0 Å². The minimum atomic E-state index is -0.0212. The number of rotatable bonds is 5. The molecule has 0 spiro atoms. The van der Waals surface area contributed by atoms with Gasteiger partial charge in [0.1, 0.15) is 0 Å². The molecule has 0 aromatic heterocycles. The number of nitrogens with one attached hydrogen (secondary N) is 1. The zero-order chi connectivity index (χ0) is 13.7. The van der Waals surface area contributed by atoms with Crippen molar-refractivity contribution in [3.8, 4) is 0 Å². The average molecular weight is 266 g/mol. The normalized spacial score (nSPS) is 26.3. The number of nitrogens with zero attached hydrogens (tertiary/aromatic N) is 1. The monoisotopic (exact) mass is 266 g/mol. The molecule has 19 heavy (non-hydrogen) atoms. The van der Waals surface area contributed by atoms with Crippen LogP contribution in [0.5, 0.6) is 0 Å². The van der Waals surface area contributed by atoms with Gasteiger partial charge in [-0.1, -0.05) is 26.7 Å². The molecule has 1 amide bonds. The second kappa shape index (κ2) is 6.74. The number of amides is 1. The molecule has 0 radical (unpaired) electrons. The predicted molar refractivity (Wildman–Crippen MR) is 79.1 cm³/mol. The van der Waals surface area contributed by atoms with Crippen LogP contribution in [0.15, 0.2) is 0 Å². The minimum absolute atomic E-state index is 0.0212. The summed E-state index contributed by atoms with van der Waals surface area (Å²) in [4.78, 5) is 15.3. The molecule has 0 aromatic rings. The standard InChI is InChI=1S/C16H30N2O/c1-3-12-18(14-8-7-11-17-13-14)15(19)16(4-2)9-5-6-10-16/h14,17H,3-13H2,1-2H3. The van der Waals surface area contributed by atoms with E-state index in [1.807, 2.05) is 0 Å². The number of carbonyl (C=O) groups is 1. The summed E-state index contributed by atoms with van der Waals surface area (Å²) in [6.07, 6.45) is 9.18. The molecule has 2 fully saturated rings. The summed E-state index contributed by atoms with van der Waals surface area (Å²) in [5, 5.41) is 3.46. The highest BCUT2D eigenvalue weighted by Gasteiger charge is 2.43. The molecule has 1 saturated heterocycles. The molecule has 1 atom stereocenters. The highest BCUT2D eigenvalue weighted by molar-refractivity contribution is 5.83. The van der Waals surface area contributed by atoms with E-state index >= 15 is 0 Å². The zero-order valence-corrected chi connectivity index (χ0v) is 12.7. The Morgan fingerprint density at radius 1 is 1.26 bits per heavy atom. The topological polar surface area (TPSA) is 32.3 Å². The van der Waals surface area contributed by atoms with E-state index in [1.54, 1.807) is 0 Å². The van der Waals surface area contributed by atoms with Gasteiger partial charge in [0.25, 0.3) is 0 Å². The highest BCUT2D eigenvalue weighted by atomic mass is 16.2. The summed E-state index contributed by atoms with van der Waals surface area (Å²) < 4.78 is 0. The van der Waals surface area contributed by atoms with Gasteiger partial charge in [0.2, 0.25) is 5.91 Å². The molecule has 1 aliphatic heterocycles. The van der Waals surface area contributed by atoms with Crippen LogP contribution in [0, 0.1) is 5.41 Å². The fourth-order valence-corrected chi connectivity index (χ4v) is 3.87. The van der Waals surface area contributed by atoms with Crippen LogP contribution < -0.4 is 5.32 Å². The first-order valence-corrected chi connectivity index (χ1v) is 8.25. The summed E-state index contributed by atoms with van der Waals surface area (Å²) in [7, 11) is 0. The fraction of sp³-hybridized carbons (Fsp3) is 0.938. The van der Waals surface area contributed by atoms with E-state index < -0.39 is 0 Å². The van der Waals surface area contributed by atoms with Gasteiger partial charge in [-0.05, 0) is 45.1 Å². The van der Waals surface area contributed by atoms with Crippen molar-refractivity contribution in [2.45, 2.75) is 71.3 Å². The van der Waals surface area contributed by atoms with Gasteiger partial charge in [0.05, 0.1) is 0 Å². The van der Waals surface area contributed by atoms with E-state index in [0.29, 0.717) is 11.9 Å². The van der Waals surface area contributed by atoms with E-state index in [9.17, 15) is 4.79 Å². The van der Waals surface area contributed by atoms with Crippen LogP contribution in [0.2, 0.25) is 0 Å². The summed E-state index contributed by atoms with van der Waals surface area (Å²) in [6, 6.07) is 0.435. The SMILES string of the molecule is CCCN(C(=O)C1(CC)CCCC1)C1CCCNC1. The lowest BCUT2D eigenvalue weighted by atomic mass is 9.81. The van der Waals surface area contributed by atoms with Crippen LogP contribution in [-0.2, 0) is 4.79 Å². The van der Waals surface area contributed by atoms with E-state index in [1.165, 1.54) is 25.7 Å². The molecular formula is C16H30N2O. The first kappa shape index (κ1) is 14.8. The van der Waals surface area contributed by atoms with E-state index in [2.05, 4.69) is 24.1 Å². The number of carbonyl (C=O) groups excluding carboxylic acids is 1. The molecule has 2 rings (SSSR count). The molecule has 1 N–H and O–H groups in total. The summed E-state index contributed by atoms with van der Waals surface area (Å²) in [5.74, 6) is 0.461. The van der Waals surface area contributed by atoms with Crippen molar-refractivity contribution >= 4 is 5.91 Å². The largest absolute Gasteiger partial charge is 0.338 e. The van der Waals surface area contributed by atoms with E-state index in [0.717, 1.165) is 45.3 Å². The zero-order valence-electron chi connectivity index (χ0n) is 12.7. The third-order valence-electron chi connectivity index (χ3n) is 5.13. The Kier molecular flexibility index (Phi) is 5.26. The molecule has 3 nitrogen and oxygen atoms in total. The Bertz CT molecular complexity index is 291. The van der Waals surface area contributed by atoms with Gasteiger partial charge in [-0.15, -0.1) is 0 Å². The fourth-order valence-electron chi connectivity index (χ4n) is 3.87. The molecule has 1 unspecified atom stereocenters. The second-order valence-electron chi connectivity index (χ2n) is 6.34. The van der Waals surface area contributed by atoms with Crippen LogP contribution in [0.3, 0.4) is 0 Å². The van der Waals surface area contributed by atoms with Gasteiger partial charge in [-0.3, -0.25) is 4.79 Å². The maximum absolute atomic E-state index is 13.1. The van der Waals surface area contributed by atoms with Crippen molar-refractivity contribution in [1.82, 2.24) is 10.2 Å². The Balaban J connectivity index is 2.10. The predicted octanol–water partition coefficient (Wildman–Crippen LogP) is 2.95. The van der Waals surface area contributed by atoms with Crippen LogP contribution >= 0.6 is 0 Å². The number of hydrogen-bond donors (Lipinski definition) is 1. The molecule has 1 aliphatic carbocycles. The van der Waals surface area contributed by atoms with Gasteiger partial charge < -0.3 is 10.2 Å². The Hall–Kier alpha value is -0.570. The van der Waals surface area contributed by atoms with Crippen molar-refractivity contribution < 1.29 is 4.79 Å². The summed E-state index contributed by atoms with van der Waals surface area (Å²) in [6.45, 7) is 7.43. The van der Waals surface area contributed by atoms with Crippen LogP contribution in [-0.4, -0.2) is 36.5 Å². The molecule has 110 valence electrons. The van der Waals surface area contributed by atoms with Crippen LogP contribution in [0.25, 0.3) is 0 Å². The molecular weight excluding hydrogens is 236 g/mol. The van der Waals surface area contributed by atoms with Crippen molar-refractivity contribution in [3.05, 3.63) is 0 Å². The average Bonchev–Trinajstić information content (AvgIpc) is 2.95. The lowest BCUT2D eigenvalue weighted by Gasteiger charge is -2.40. The van der Waals surface area contributed by atoms with Gasteiger partial charge in [0, 0.05) is 24.5 Å². The first-order valence-electron chi connectivity index (χ1n) is 8.25. The number of hydrogen-bond acceptors (Lipinski definition) is 2. The third kappa shape index (κ3) is 3.13. The van der Waals surface area contributed by atoms with E-state index in [-0.39, 0.29) is 5.41 Å². The summed E-state index contributed by atoms with van der Waals surface area (Å²) in [5.41, 5.74) is -0.0212. The van der Waals surface area contributed by atoms with Crippen LogP contribution in [0.1, 0.15) is 65.2 Å². The van der Waals surface area contributed by atoms with Crippen LogP contribution in [0.4, 0.5) is 0 Å². The van der Waals surface area contributed by atoms with Crippen molar-refractivity contribution in [1.29, 1.82) is 0 Å². The summed E-state index contributed by atoms with van der Waals surface area (Å²) >= 11 is 0. The Labute approximate surface area is 118 Å². The first-order chi connectivity index (χ1) is 9.23. The molecule has 1 heterocycles. The number of piperidine rings is 1. The van der Waals surface area contributed by atoms with Crippen molar-refractivity contribution in [2.75, 3.05) is 19.6 Å². The molecule has 0 aromatic carbocycles. The quantitative estimate of drug-likeness (QED) is 0.830.